The molecule has 0 saturated heterocycles. The van der Waals surface area contributed by atoms with Gasteiger partial charge in [-0.15, -0.1) is 0 Å². The van der Waals surface area contributed by atoms with Crippen LogP contribution in [0.25, 0.3) is 0 Å². The first-order valence-electron chi connectivity index (χ1n) is 6.59. The Kier molecular flexibility index (Phi) is 4.37. The molecule has 1 N–H and O–H groups in total. The summed E-state index contributed by atoms with van der Waals surface area (Å²) in [6, 6.07) is 5.49. The number of nitrogens with zero attached hydrogens (tertiary/aromatic N) is 2. The number of methoxy groups -OCH3 is 1. The average molecular weight is 264 g/mol. The van der Waals surface area contributed by atoms with Crippen molar-refractivity contribution >= 4 is 11.8 Å². The minimum absolute atomic E-state index is 0.0860. The maximum Gasteiger partial charge on any atom is 0.354 e. The first kappa shape index (κ1) is 13.8. The Hall–Kier alpha value is -1.62. The number of carboxylic acid groups (broad SMARTS) is 1. The summed E-state index contributed by atoms with van der Waals surface area (Å²) in [6.07, 6.45) is 2.48. The summed E-state index contributed by atoms with van der Waals surface area (Å²) < 4.78 is 5.14. The van der Waals surface area contributed by atoms with Gasteiger partial charge in [-0.3, -0.25) is 0 Å². The number of hydrogen-bond acceptors (Lipinski definition) is 4. The molecule has 5 heteroatoms. The van der Waals surface area contributed by atoms with Gasteiger partial charge in [0.2, 0.25) is 0 Å². The third kappa shape index (κ3) is 3.44. The number of anilines is 1. The van der Waals surface area contributed by atoms with Gasteiger partial charge in [-0.2, -0.15) is 0 Å². The average Bonchev–Trinajstić information content (AvgIpc) is 3.23. The molecule has 1 saturated carbocycles. The van der Waals surface area contributed by atoms with Gasteiger partial charge in [0.05, 0.1) is 6.61 Å². The van der Waals surface area contributed by atoms with Gasteiger partial charge < -0.3 is 14.7 Å². The molecule has 1 aliphatic rings. The topological polar surface area (TPSA) is 62.7 Å². The highest BCUT2D eigenvalue weighted by molar-refractivity contribution is 5.85. The van der Waals surface area contributed by atoms with Crippen LogP contribution in [0.15, 0.2) is 18.2 Å². The van der Waals surface area contributed by atoms with E-state index in [9.17, 15) is 4.79 Å². The van der Waals surface area contributed by atoms with E-state index in [-0.39, 0.29) is 5.69 Å². The lowest BCUT2D eigenvalue weighted by atomic mass is 10.1. The monoisotopic (exact) mass is 264 g/mol. The van der Waals surface area contributed by atoms with E-state index in [1.807, 2.05) is 6.07 Å². The Morgan fingerprint density at radius 3 is 2.89 bits per heavy atom. The molecule has 0 amide bonds. The molecule has 0 aromatic carbocycles. The SMILES string of the molecule is COCCN(c1cccc(C(=O)O)n1)C(C)C1CC1. The molecule has 5 nitrogen and oxygen atoms in total. The van der Waals surface area contributed by atoms with E-state index in [1.54, 1.807) is 13.2 Å². The predicted molar refractivity (Wildman–Crippen MR) is 72.6 cm³/mol. The Morgan fingerprint density at radius 1 is 1.58 bits per heavy atom. The first-order chi connectivity index (χ1) is 9.13. The predicted octanol–water partition coefficient (Wildman–Crippen LogP) is 2.03. The number of rotatable bonds is 7. The van der Waals surface area contributed by atoms with Crippen molar-refractivity contribution in [2.24, 2.45) is 5.92 Å². The van der Waals surface area contributed by atoms with Crippen molar-refractivity contribution in [1.82, 2.24) is 4.98 Å². The van der Waals surface area contributed by atoms with Crippen LogP contribution in [0, 0.1) is 5.92 Å². The lowest BCUT2D eigenvalue weighted by molar-refractivity contribution is 0.0690. The maximum atomic E-state index is 11.0. The maximum absolute atomic E-state index is 11.0. The fourth-order valence-electron chi connectivity index (χ4n) is 2.25. The van der Waals surface area contributed by atoms with Crippen LogP contribution in [0.2, 0.25) is 0 Å². The zero-order valence-electron chi connectivity index (χ0n) is 11.4. The van der Waals surface area contributed by atoms with Gasteiger partial charge in [0.25, 0.3) is 0 Å². The molecule has 1 atom stereocenters. The number of aromatic nitrogens is 1. The normalized spacial score (nSPS) is 16.1. The van der Waals surface area contributed by atoms with Crippen molar-refractivity contribution in [1.29, 1.82) is 0 Å². The summed E-state index contributed by atoms with van der Waals surface area (Å²) in [5.74, 6) is 0.413. The Balaban J connectivity index is 2.20. The van der Waals surface area contributed by atoms with E-state index in [1.165, 1.54) is 18.9 Å². The van der Waals surface area contributed by atoms with Gasteiger partial charge in [0.15, 0.2) is 5.69 Å². The number of carboxylic acids is 1. The van der Waals surface area contributed by atoms with Crippen LogP contribution in [0.1, 0.15) is 30.3 Å². The summed E-state index contributed by atoms with van der Waals surface area (Å²) in [5, 5.41) is 9.02. The van der Waals surface area contributed by atoms with E-state index < -0.39 is 5.97 Å². The van der Waals surface area contributed by atoms with Gasteiger partial charge in [-0.25, -0.2) is 9.78 Å². The highest BCUT2D eigenvalue weighted by Crippen LogP contribution is 2.36. The molecule has 2 rings (SSSR count). The molecule has 1 fully saturated rings. The quantitative estimate of drug-likeness (QED) is 0.816. The number of aromatic carboxylic acids is 1. The molecule has 1 unspecified atom stereocenters. The van der Waals surface area contributed by atoms with Crippen molar-refractivity contribution in [3.8, 4) is 0 Å². The Labute approximate surface area is 113 Å². The minimum atomic E-state index is -0.993. The summed E-state index contributed by atoms with van der Waals surface area (Å²) in [6.45, 7) is 3.50. The fraction of sp³-hybridized carbons (Fsp3) is 0.571. The molecule has 104 valence electrons. The van der Waals surface area contributed by atoms with Gasteiger partial charge >= 0.3 is 5.97 Å². The molecule has 0 spiro atoms. The molecule has 0 bridgehead atoms. The van der Waals surface area contributed by atoms with Gasteiger partial charge in [-0.05, 0) is 37.8 Å². The fourth-order valence-corrected chi connectivity index (χ4v) is 2.25. The van der Waals surface area contributed by atoms with E-state index >= 15 is 0 Å². The molecule has 1 aromatic heterocycles. The van der Waals surface area contributed by atoms with Gasteiger partial charge in [-0.1, -0.05) is 6.07 Å². The Bertz CT molecular complexity index is 446. The van der Waals surface area contributed by atoms with Crippen LogP contribution in [0.3, 0.4) is 0 Å². The number of hydrogen-bond donors (Lipinski definition) is 1. The zero-order valence-corrected chi connectivity index (χ0v) is 11.4. The van der Waals surface area contributed by atoms with Crippen molar-refractivity contribution < 1.29 is 14.6 Å². The molecule has 1 aliphatic carbocycles. The second-order valence-electron chi connectivity index (χ2n) is 4.95. The highest BCUT2D eigenvalue weighted by Gasteiger charge is 2.32. The molecule has 1 aromatic rings. The molecule has 1 heterocycles. The van der Waals surface area contributed by atoms with Crippen LogP contribution in [-0.2, 0) is 4.74 Å². The molecular formula is C14H20N2O3. The van der Waals surface area contributed by atoms with Crippen molar-refractivity contribution in [3.63, 3.8) is 0 Å². The second kappa shape index (κ2) is 6.02. The molecular weight excluding hydrogens is 244 g/mol. The lowest BCUT2D eigenvalue weighted by Gasteiger charge is -2.30. The van der Waals surface area contributed by atoms with Gasteiger partial charge in [0.1, 0.15) is 5.82 Å². The van der Waals surface area contributed by atoms with Crippen LogP contribution in [0.5, 0.6) is 0 Å². The second-order valence-corrected chi connectivity index (χ2v) is 4.95. The van der Waals surface area contributed by atoms with E-state index in [4.69, 9.17) is 9.84 Å². The molecule has 0 aliphatic heterocycles. The van der Waals surface area contributed by atoms with E-state index in [0.29, 0.717) is 18.6 Å². The van der Waals surface area contributed by atoms with Crippen molar-refractivity contribution in [2.45, 2.75) is 25.8 Å². The van der Waals surface area contributed by atoms with E-state index in [0.717, 1.165) is 12.4 Å². The highest BCUT2D eigenvalue weighted by atomic mass is 16.5. The van der Waals surface area contributed by atoms with Crippen LogP contribution in [0.4, 0.5) is 5.82 Å². The Morgan fingerprint density at radius 2 is 2.32 bits per heavy atom. The summed E-state index contributed by atoms with van der Waals surface area (Å²) in [7, 11) is 1.67. The summed E-state index contributed by atoms with van der Waals surface area (Å²) in [4.78, 5) is 17.4. The van der Waals surface area contributed by atoms with Crippen LogP contribution in [-0.4, -0.2) is 42.4 Å². The van der Waals surface area contributed by atoms with Crippen LogP contribution < -0.4 is 4.90 Å². The third-order valence-corrected chi connectivity index (χ3v) is 3.58. The first-order valence-corrected chi connectivity index (χ1v) is 6.59. The summed E-state index contributed by atoms with van der Waals surface area (Å²) in [5.41, 5.74) is 0.0860. The van der Waals surface area contributed by atoms with E-state index in [2.05, 4.69) is 16.8 Å². The number of ether oxygens (including phenoxy) is 1. The third-order valence-electron chi connectivity index (χ3n) is 3.58. The van der Waals surface area contributed by atoms with Crippen molar-refractivity contribution in [3.05, 3.63) is 23.9 Å². The molecule has 19 heavy (non-hydrogen) atoms. The number of pyridine rings is 1. The molecule has 0 radical (unpaired) electrons. The summed E-state index contributed by atoms with van der Waals surface area (Å²) >= 11 is 0. The largest absolute Gasteiger partial charge is 0.477 e. The van der Waals surface area contributed by atoms with Crippen LogP contribution >= 0.6 is 0 Å². The standard InChI is InChI=1S/C14H20N2O3/c1-10(11-6-7-11)16(8-9-19-2)13-5-3-4-12(15-13)14(17)18/h3-5,10-11H,6-9H2,1-2H3,(H,17,18). The minimum Gasteiger partial charge on any atom is -0.477 e. The smallest absolute Gasteiger partial charge is 0.354 e. The lowest BCUT2D eigenvalue weighted by Crippen LogP contribution is -2.38. The number of carbonyl (C=O) groups is 1. The van der Waals surface area contributed by atoms with Crippen molar-refractivity contribution in [2.75, 3.05) is 25.2 Å². The zero-order chi connectivity index (χ0) is 13.8. The van der Waals surface area contributed by atoms with Gasteiger partial charge in [0, 0.05) is 19.7 Å².